The first-order valence-corrected chi connectivity index (χ1v) is 8.90. The van der Waals surface area contributed by atoms with Gasteiger partial charge >= 0.3 is 0 Å². The summed E-state index contributed by atoms with van der Waals surface area (Å²) in [5.41, 5.74) is 11.4. The van der Waals surface area contributed by atoms with Crippen molar-refractivity contribution in [1.29, 1.82) is 0 Å². The van der Waals surface area contributed by atoms with Crippen LogP contribution in [0.25, 0.3) is 32.3 Å². The third-order valence-corrected chi connectivity index (χ3v) is 6.32. The zero-order valence-corrected chi connectivity index (χ0v) is 16.2. The van der Waals surface area contributed by atoms with Crippen molar-refractivity contribution in [3.05, 3.63) is 56.6 Å². The molecule has 0 amide bonds. The van der Waals surface area contributed by atoms with E-state index < -0.39 is 0 Å². The highest BCUT2D eigenvalue weighted by Gasteiger charge is 2.21. The normalized spacial score (nSPS) is 12.2. The van der Waals surface area contributed by atoms with Crippen LogP contribution in [0.15, 0.2) is 12.1 Å². The molecule has 0 bridgehead atoms. The van der Waals surface area contributed by atoms with Gasteiger partial charge in [-0.2, -0.15) is 0 Å². The molecule has 0 nitrogen and oxygen atoms in total. The fraction of sp³-hybridized carbons (Fsp3) is 0.333. The van der Waals surface area contributed by atoms with Crippen LogP contribution in [0.5, 0.6) is 0 Å². The van der Waals surface area contributed by atoms with Crippen LogP contribution in [-0.2, 0) is 0 Å². The van der Waals surface area contributed by atoms with Gasteiger partial charge in [-0.05, 0) is 132 Å². The van der Waals surface area contributed by atoms with Gasteiger partial charge < -0.3 is 0 Å². The Hall–Kier alpha value is -2.08. The van der Waals surface area contributed by atoms with Gasteiger partial charge in [0.15, 0.2) is 0 Å². The molecule has 0 aliphatic heterocycles. The van der Waals surface area contributed by atoms with Crippen molar-refractivity contribution < 1.29 is 0 Å². The van der Waals surface area contributed by atoms with Gasteiger partial charge in [-0.15, -0.1) is 0 Å². The van der Waals surface area contributed by atoms with Gasteiger partial charge in [0, 0.05) is 0 Å². The van der Waals surface area contributed by atoms with Crippen LogP contribution >= 0.6 is 0 Å². The number of hydrogen-bond donors (Lipinski definition) is 0. The third-order valence-electron chi connectivity index (χ3n) is 6.32. The van der Waals surface area contributed by atoms with E-state index in [0.29, 0.717) is 0 Å². The van der Waals surface area contributed by atoms with E-state index in [1.165, 1.54) is 76.8 Å². The summed E-state index contributed by atoms with van der Waals surface area (Å²) < 4.78 is 0. The van der Waals surface area contributed by atoms with Crippen LogP contribution in [0.1, 0.15) is 44.5 Å². The van der Waals surface area contributed by atoms with Crippen molar-refractivity contribution in [3.8, 4) is 0 Å². The molecule has 0 radical (unpaired) electrons. The lowest BCUT2D eigenvalue weighted by Crippen LogP contribution is -2.01. The first-order valence-electron chi connectivity index (χ1n) is 8.90. The Labute approximate surface area is 144 Å². The van der Waals surface area contributed by atoms with Crippen molar-refractivity contribution in [2.45, 2.75) is 55.4 Å². The second kappa shape index (κ2) is 4.72. The molecular weight excluding hydrogens is 288 g/mol. The van der Waals surface area contributed by atoms with Gasteiger partial charge in [0.2, 0.25) is 0 Å². The minimum Gasteiger partial charge on any atom is -0.0551 e. The Morgan fingerprint density at radius 2 is 0.542 bits per heavy atom. The summed E-state index contributed by atoms with van der Waals surface area (Å²) in [6.07, 6.45) is 0. The summed E-state index contributed by atoms with van der Waals surface area (Å²) in [4.78, 5) is 0. The van der Waals surface area contributed by atoms with Crippen LogP contribution in [0.4, 0.5) is 0 Å². The quantitative estimate of drug-likeness (QED) is 0.305. The van der Waals surface area contributed by atoms with Gasteiger partial charge in [0.05, 0.1) is 0 Å². The molecule has 24 heavy (non-hydrogen) atoms. The standard InChI is InChI=1S/C24H26/c1-11-9-12(2)20-17(7)18(8)22-14(4)10-13(3)21-16(6)15(5)19(11)23(20)24(21)22/h9-10H,1-8H3. The highest BCUT2D eigenvalue weighted by molar-refractivity contribution is 6.28. The fourth-order valence-corrected chi connectivity index (χ4v) is 5.16. The molecule has 122 valence electrons. The van der Waals surface area contributed by atoms with E-state index in [2.05, 4.69) is 67.5 Å². The molecule has 0 heterocycles. The maximum Gasteiger partial charge on any atom is -0.00155 e. The Kier molecular flexibility index (Phi) is 3.04. The molecule has 0 saturated heterocycles. The van der Waals surface area contributed by atoms with E-state index in [0.717, 1.165) is 0 Å². The number of benzene rings is 4. The Morgan fingerprint density at radius 1 is 0.333 bits per heavy atom. The van der Waals surface area contributed by atoms with Crippen molar-refractivity contribution in [1.82, 2.24) is 0 Å². The number of hydrogen-bond acceptors (Lipinski definition) is 0. The lowest BCUT2D eigenvalue weighted by molar-refractivity contribution is 1.33. The summed E-state index contributed by atoms with van der Waals surface area (Å²) >= 11 is 0. The van der Waals surface area contributed by atoms with Crippen molar-refractivity contribution in [2.75, 3.05) is 0 Å². The van der Waals surface area contributed by atoms with E-state index >= 15 is 0 Å². The van der Waals surface area contributed by atoms with Crippen molar-refractivity contribution in [2.24, 2.45) is 0 Å². The predicted octanol–water partition coefficient (Wildman–Crippen LogP) is 7.05. The predicted molar refractivity (Wildman–Crippen MR) is 108 cm³/mol. The van der Waals surface area contributed by atoms with Gasteiger partial charge in [0.25, 0.3) is 0 Å². The first kappa shape index (κ1) is 15.4. The highest BCUT2D eigenvalue weighted by Crippen LogP contribution is 2.46. The smallest absolute Gasteiger partial charge is 0.00155 e. The lowest BCUT2D eigenvalue weighted by atomic mass is 9.79. The van der Waals surface area contributed by atoms with Gasteiger partial charge in [-0.3, -0.25) is 0 Å². The summed E-state index contributed by atoms with van der Waals surface area (Å²) in [5.74, 6) is 0. The van der Waals surface area contributed by atoms with E-state index in [1.807, 2.05) is 0 Å². The van der Waals surface area contributed by atoms with E-state index in [-0.39, 0.29) is 0 Å². The Morgan fingerprint density at radius 3 is 0.750 bits per heavy atom. The second-order valence-corrected chi connectivity index (χ2v) is 7.77. The van der Waals surface area contributed by atoms with Crippen molar-refractivity contribution in [3.63, 3.8) is 0 Å². The van der Waals surface area contributed by atoms with E-state index in [9.17, 15) is 0 Å². The molecule has 0 spiro atoms. The molecule has 0 aromatic heterocycles. The lowest BCUT2D eigenvalue weighted by Gasteiger charge is -2.24. The van der Waals surface area contributed by atoms with Crippen LogP contribution in [0.2, 0.25) is 0 Å². The second-order valence-electron chi connectivity index (χ2n) is 7.77. The molecule has 4 aromatic rings. The maximum absolute atomic E-state index is 2.38. The minimum absolute atomic E-state index is 1.41. The summed E-state index contributed by atoms with van der Waals surface area (Å²) in [6, 6.07) is 4.75. The maximum atomic E-state index is 2.38. The average molecular weight is 314 g/mol. The zero-order chi connectivity index (χ0) is 17.5. The molecule has 0 fully saturated rings. The molecule has 0 unspecified atom stereocenters. The van der Waals surface area contributed by atoms with Crippen molar-refractivity contribution >= 4 is 32.3 Å². The summed E-state index contributed by atoms with van der Waals surface area (Å²) in [6.45, 7) is 18.3. The number of aryl methyl sites for hydroxylation is 8. The van der Waals surface area contributed by atoms with Crippen LogP contribution in [0.3, 0.4) is 0 Å². The molecule has 0 heteroatoms. The van der Waals surface area contributed by atoms with Crippen LogP contribution < -0.4 is 0 Å². The monoisotopic (exact) mass is 314 g/mol. The van der Waals surface area contributed by atoms with Crippen LogP contribution in [0, 0.1) is 55.4 Å². The molecule has 4 rings (SSSR count). The molecular formula is C24H26. The summed E-state index contributed by atoms with van der Waals surface area (Å²) in [7, 11) is 0. The van der Waals surface area contributed by atoms with E-state index in [1.54, 1.807) is 0 Å². The average Bonchev–Trinajstić information content (AvgIpc) is 2.49. The van der Waals surface area contributed by atoms with Gasteiger partial charge in [0.1, 0.15) is 0 Å². The zero-order valence-electron chi connectivity index (χ0n) is 16.2. The Balaban J connectivity index is 2.60. The molecule has 0 N–H and O–H groups in total. The first-order chi connectivity index (χ1) is 11.3. The SMILES string of the molecule is Cc1cc(C)c2c(C)c(C)c3c(C)cc(C)c4c(C)c(C)c1c2c43. The van der Waals surface area contributed by atoms with Gasteiger partial charge in [-0.25, -0.2) is 0 Å². The fourth-order valence-electron chi connectivity index (χ4n) is 5.16. The molecule has 0 atom stereocenters. The topological polar surface area (TPSA) is 0 Å². The number of rotatable bonds is 0. The van der Waals surface area contributed by atoms with E-state index in [4.69, 9.17) is 0 Å². The minimum atomic E-state index is 1.41. The Bertz CT molecular complexity index is 979. The molecule has 4 aromatic carbocycles. The summed E-state index contributed by atoms with van der Waals surface area (Å²) in [5, 5.41) is 8.88. The largest absolute Gasteiger partial charge is 0.0551 e. The van der Waals surface area contributed by atoms with Crippen LogP contribution in [-0.4, -0.2) is 0 Å². The van der Waals surface area contributed by atoms with Gasteiger partial charge in [-0.1, -0.05) is 12.1 Å². The molecule has 0 saturated carbocycles. The highest BCUT2D eigenvalue weighted by atomic mass is 14.2. The molecule has 0 aliphatic carbocycles. The molecule has 0 aliphatic rings. The third kappa shape index (κ3) is 1.64.